The van der Waals surface area contributed by atoms with Crippen molar-refractivity contribution in [1.29, 1.82) is 0 Å². The van der Waals surface area contributed by atoms with Gasteiger partial charge in [0.2, 0.25) is 0 Å². The van der Waals surface area contributed by atoms with Gasteiger partial charge in [-0.2, -0.15) is 0 Å². The predicted octanol–water partition coefficient (Wildman–Crippen LogP) is 3.21. The number of aliphatic hydroxyl groups excluding tert-OH is 1. The van der Waals surface area contributed by atoms with Crippen LogP contribution in [0.25, 0.3) is 0 Å². The predicted molar refractivity (Wildman–Crippen MR) is 82.9 cm³/mol. The first-order valence-corrected chi connectivity index (χ1v) is 7.20. The van der Waals surface area contributed by atoms with E-state index in [1.54, 1.807) is 0 Å². The van der Waals surface area contributed by atoms with Crippen LogP contribution >= 0.6 is 0 Å². The van der Waals surface area contributed by atoms with E-state index in [1.165, 1.54) is 27.8 Å². The molecule has 0 atom stereocenters. The molecule has 0 fully saturated rings. The van der Waals surface area contributed by atoms with E-state index >= 15 is 0 Å². The highest BCUT2D eigenvalue weighted by Gasteiger charge is 2.16. The van der Waals surface area contributed by atoms with Crippen molar-refractivity contribution in [2.24, 2.45) is 0 Å². The highest BCUT2D eigenvalue weighted by Crippen LogP contribution is 2.22. The number of nitrogens with one attached hydrogen (secondary N) is 1. The zero-order chi connectivity index (χ0) is 14.6. The molecule has 0 saturated heterocycles. The second-order valence-electron chi connectivity index (χ2n) is 6.27. The maximum atomic E-state index is 9.04. The lowest BCUT2D eigenvalue weighted by Gasteiger charge is -2.26. The molecular formula is C17H29NO. The maximum Gasteiger partial charge on any atom is 0.0448 e. The largest absolute Gasteiger partial charge is 0.396 e. The number of rotatable bonds is 6. The van der Waals surface area contributed by atoms with Gasteiger partial charge in [-0.3, -0.25) is 0 Å². The van der Waals surface area contributed by atoms with Crippen molar-refractivity contribution in [2.45, 2.75) is 59.9 Å². The molecule has 19 heavy (non-hydrogen) atoms. The summed E-state index contributed by atoms with van der Waals surface area (Å²) in [5, 5.41) is 12.6. The van der Waals surface area contributed by atoms with Crippen molar-refractivity contribution < 1.29 is 5.11 Å². The molecule has 0 amide bonds. The van der Waals surface area contributed by atoms with Crippen LogP contribution in [0.2, 0.25) is 0 Å². The second kappa shape index (κ2) is 6.53. The van der Waals surface area contributed by atoms with Crippen LogP contribution in [-0.2, 0) is 6.42 Å². The van der Waals surface area contributed by atoms with Crippen LogP contribution in [0.15, 0.2) is 6.07 Å². The molecule has 0 aliphatic heterocycles. The van der Waals surface area contributed by atoms with Crippen LogP contribution in [0.3, 0.4) is 0 Å². The molecular weight excluding hydrogens is 234 g/mol. The van der Waals surface area contributed by atoms with E-state index in [9.17, 15) is 0 Å². The normalized spacial score (nSPS) is 11.9. The van der Waals surface area contributed by atoms with Crippen molar-refractivity contribution in [3.05, 3.63) is 33.9 Å². The monoisotopic (exact) mass is 263 g/mol. The highest BCUT2D eigenvalue weighted by atomic mass is 16.3. The third-order valence-corrected chi connectivity index (χ3v) is 4.24. The minimum atomic E-state index is 0.00935. The molecule has 1 aromatic rings. The Labute approximate surface area is 118 Å². The maximum absolute atomic E-state index is 9.04. The fourth-order valence-electron chi connectivity index (χ4n) is 2.57. The topological polar surface area (TPSA) is 32.3 Å². The van der Waals surface area contributed by atoms with Gasteiger partial charge in [-0.25, -0.2) is 0 Å². The quantitative estimate of drug-likeness (QED) is 0.826. The molecule has 0 aromatic heterocycles. The lowest BCUT2D eigenvalue weighted by atomic mass is 9.92. The van der Waals surface area contributed by atoms with Crippen molar-refractivity contribution >= 4 is 0 Å². The molecule has 0 aliphatic rings. The van der Waals surface area contributed by atoms with Gasteiger partial charge in [0, 0.05) is 12.1 Å². The van der Waals surface area contributed by atoms with Crippen LogP contribution in [0.4, 0.5) is 0 Å². The lowest BCUT2D eigenvalue weighted by molar-refractivity contribution is 0.231. The molecule has 2 N–H and O–H groups in total. The molecule has 0 heterocycles. The summed E-state index contributed by atoms with van der Waals surface area (Å²) in [4.78, 5) is 0. The first-order chi connectivity index (χ1) is 8.78. The Morgan fingerprint density at radius 1 is 1.05 bits per heavy atom. The van der Waals surface area contributed by atoms with E-state index in [0.29, 0.717) is 0 Å². The first kappa shape index (κ1) is 16.2. The number of aryl methyl sites for hydroxylation is 2. The van der Waals surface area contributed by atoms with E-state index in [2.05, 4.69) is 52.9 Å². The van der Waals surface area contributed by atoms with Crippen LogP contribution in [0.1, 0.15) is 48.1 Å². The third kappa shape index (κ3) is 4.32. The Balaban J connectivity index is 2.74. The minimum absolute atomic E-state index is 0.00935. The third-order valence-electron chi connectivity index (χ3n) is 4.24. The zero-order valence-corrected chi connectivity index (χ0v) is 13.4. The average molecular weight is 263 g/mol. The van der Waals surface area contributed by atoms with Gasteiger partial charge in [-0.1, -0.05) is 6.07 Å². The summed E-state index contributed by atoms with van der Waals surface area (Å²) in [6, 6.07) is 2.28. The van der Waals surface area contributed by atoms with E-state index in [-0.39, 0.29) is 12.1 Å². The van der Waals surface area contributed by atoms with Gasteiger partial charge in [0.15, 0.2) is 0 Å². The first-order valence-electron chi connectivity index (χ1n) is 7.20. The molecule has 2 nitrogen and oxygen atoms in total. The summed E-state index contributed by atoms with van der Waals surface area (Å²) in [5.41, 5.74) is 7.09. The van der Waals surface area contributed by atoms with Crippen molar-refractivity contribution in [3.63, 3.8) is 0 Å². The van der Waals surface area contributed by atoms with Crippen molar-refractivity contribution in [3.8, 4) is 0 Å². The van der Waals surface area contributed by atoms with E-state index in [0.717, 1.165) is 19.4 Å². The molecule has 0 aliphatic carbocycles. The van der Waals surface area contributed by atoms with Gasteiger partial charge in [-0.05, 0) is 88.7 Å². The van der Waals surface area contributed by atoms with E-state index in [1.807, 2.05) is 0 Å². The minimum Gasteiger partial charge on any atom is -0.396 e. The lowest BCUT2D eigenvalue weighted by Crippen LogP contribution is -2.41. The summed E-state index contributed by atoms with van der Waals surface area (Å²) in [5.74, 6) is 0. The summed E-state index contributed by atoms with van der Waals surface area (Å²) < 4.78 is 0. The summed E-state index contributed by atoms with van der Waals surface area (Å²) >= 11 is 0. The fraction of sp³-hybridized carbons (Fsp3) is 0.647. The van der Waals surface area contributed by atoms with Gasteiger partial charge in [0.25, 0.3) is 0 Å². The highest BCUT2D eigenvalue weighted by molar-refractivity contribution is 5.44. The Hall–Kier alpha value is -0.860. The van der Waals surface area contributed by atoms with Gasteiger partial charge in [-0.15, -0.1) is 0 Å². The molecule has 0 unspecified atom stereocenters. The summed E-state index contributed by atoms with van der Waals surface area (Å²) in [6.07, 6.45) is 1.84. The SMILES string of the molecule is Cc1cc(C)c(C)c(CCNC(C)(C)CCO)c1C. The zero-order valence-electron chi connectivity index (χ0n) is 13.4. The number of aliphatic hydroxyl groups is 1. The number of hydrogen-bond donors (Lipinski definition) is 2. The van der Waals surface area contributed by atoms with Gasteiger partial charge in [0.1, 0.15) is 0 Å². The molecule has 0 radical (unpaired) electrons. The standard InChI is InChI=1S/C17H29NO/c1-12-11-13(2)15(4)16(14(12)3)7-9-18-17(5,6)8-10-19/h11,18-19H,7-10H2,1-6H3. The van der Waals surface area contributed by atoms with Crippen molar-refractivity contribution in [1.82, 2.24) is 5.32 Å². The molecule has 0 saturated carbocycles. The Kier molecular flexibility index (Phi) is 5.57. The smallest absolute Gasteiger partial charge is 0.0448 e. The van der Waals surface area contributed by atoms with Crippen LogP contribution in [0.5, 0.6) is 0 Å². The van der Waals surface area contributed by atoms with Gasteiger partial charge < -0.3 is 10.4 Å². The summed E-state index contributed by atoms with van der Waals surface area (Å²) in [7, 11) is 0. The van der Waals surface area contributed by atoms with E-state index in [4.69, 9.17) is 5.11 Å². The van der Waals surface area contributed by atoms with Crippen LogP contribution in [-0.4, -0.2) is 23.8 Å². The number of hydrogen-bond acceptors (Lipinski definition) is 2. The van der Waals surface area contributed by atoms with E-state index < -0.39 is 0 Å². The Morgan fingerprint density at radius 3 is 2.05 bits per heavy atom. The van der Waals surface area contributed by atoms with Gasteiger partial charge in [0.05, 0.1) is 0 Å². The van der Waals surface area contributed by atoms with Crippen LogP contribution < -0.4 is 5.32 Å². The molecule has 1 aromatic carbocycles. The number of benzene rings is 1. The average Bonchev–Trinajstić information content (AvgIpc) is 2.31. The fourth-order valence-corrected chi connectivity index (χ4v) is 2.57. The summed E-state index contributed by atoms with van der Waals surface area (Å²) in [6.45, 7) is 14.3. The Morgan fingerprint density at radius 2 is 1.58 bits per heavy atom. The van der Waals surface area contributed by atoms with Crippen molar-refractivity contribution in [2.75, 3.05) is 13.2 Å². The second-order valence-corrected chi connectivity index (χ2v) is 6.27. The molecule has 108 valence electrons. The molecule has 0 bridgehead atoms. The Bertz CT molecular complexity index is 409. The molecule has 1 rings (SSSR count). The molecule has 0 spiro atoms. The molecule has 2 heteroatoms. The van der Waals surface area contributed by atoms with Gasteiger partial charge >= 0.3 is 0 Å². The van der Waals surface area contributed by atoms with Crippen LogP contribution in [0, 0.1) is 27.7 Å².